The van der Waals surface area contributed by atoms with E-state index >= 15 is 0 Å². The van der Waals surface area contributed by atoms with Crippen LogP contribution in [0.15, 0.2) is 53.1 Å². The molecule has 1 aromatic carbocycles. The average molecular weight is 318 g/mol. The fraction of sp³-hybridized carbons (Fsp3) is 0.238. The van der Waals surface area contributed by atoms with Crippen molar-refractivity contribution in [1.29, 1.82) is 0 Å². The third-order valence-corrected chi connectivity index (χ3v) is 4.54. The lowest BCUT2D eigenvalue weighted by Gasteiger charge is -2.04. The van der Waals surface area contributed by atoms with Crippen molar-refractivity contribution in [3.05, 3.63) is 59.9 Å². The summed E-state index contributed by atoms with van der Waals surface area (Å²) < 4.78 is 16.5. The Bertz CT molecular complexity index is 1110. The van der Waals surface area contributed by atoms with Gasteiger partial charge >= 0.3 is 0 Å². The lowest BCUT2D eigenvalue weighted by molar-refractivity contribution is -0.660. The molecule has 4 aromatic rings. The second-order valence-electron chi connectivity index (χ2n) is 6.48. The fourth-order valence-electron chi connectivity index (χ4n) is 3.20. The van der Waals surface area contributed by atoms with Crippen LogP contribution in [0.3, 0.4) is 0 Å². The number of hydrogen-bond acceptors (Lipinski definition) is 2. The molecule has 24 heavy (non-hydrogen) atoms. The summed E-state index contributed by atoms with van der Waals surface area (Å²) >= 11 is 0. The predicted molar refractivity (Wildman–Crippen MR) is 97.0 cm³/mol. The number of benzene rings is 1. The Kier molecular flexibility index (Phi) is 3.12. The molecule has 0 atom stereocenters. The van der Waals surface area contributed by atoms with Crippen LogP contribution >= 0.6 is 0 Å². The van der Waals surface area contributed by atoms with E-state index in [-0.39, 0.29) is 0 Å². The molecule has 3 heteroatoms. The molecule has 0 amide bonds. The zero-order chi connectivity index (χ0) is 17.8. The van der Waals surface area contributed by atoms with E-state index in [2.05, 4.69) is 34.7 Å². The molecule has 3 nitrogen and oxygen atoms in total. The maximum absolute atomic E-state index is 8.21. The Hall–Kier alpha value is -2.68. The van der Waals surface area contributed by atoms with Crippen LogP contribution in [0.1, 0.15) is 32.4 Å². The zero-order valence-electron chi connectivity index (χ0n) is 15.4. The van der Waals surface area contributed by atoms with Crippen LogP contribution in [0.5, 0.6) is 0 Å². The molecule has 0 saturated carbocycles. The maximum atomic E-state index is 8.21. The lowest BCUT2D eigenvalue weighted by Crippen LogP contribution is -2.30. The molecule has 4 rings (SSSR count). The zero-order valence-corrected chi connectivity index (χ0v) is 14.4. The molecule has 0 radical (unpaired) electrons. The number of pyridine rings is 2. The summed E-state index contributed by atoms with van der Waals surface area (Å²) in [6.07, 6.45) is 2.04. The lowest BCUT2D eigenvalue weighted by atomic mass is 10.0. The van der Waals surface area contributed by atoms with Gasteiger partial charge in [0.1, 0.15) is 7.05 Å². The largest absolute Gasteiger partial charge is 0.437 e. The smallest absolute Gasteiger partial charge is 0.227 e. The maximum Gasteiger partial charge on any atom is 0.227 e. The Balaban J connectivity index is 2.07. The van der Waals surface area contributed by atoms with Crippen molar-refractivity contribution in [1.82, 2.24) is 4.98 Å². The predicted octanol–water partition coefficient (Wildman–Crippen LogP) is 4.90. The van der Waals surface area contributed by atoms with Crippen molar-refractivity contribution in [2.24, 2.45) is 7.05 Å². The van der Waals surface area contributed by atoms with Crippen LogP contribution in [0, 0.1) is 6.92 Å². The van der Waals surface area contributed by atoms with Gasteiger partial charge in [0, 0.05) is 30.0 Å². The van der Waals surface area contributed by atoms with E-state index in [0.717, 1.165) is 33.2 Å². The summed E-state index contributed by atoms with van der Waals surface area (Å²) in [4.78, 5) is 4.61. The molecule has 0 fully saturated rings. The van der Waals surface area contributed by atoms with Crippen molar-refractivity contribution in [3.63, 3.8) is 0 Å². The standard InChI is InChI=1S/C21H21N2O/c1-13(2)17-11-10-16-15-9-8-14(3)19(20(15)24-21(16)22-17)18-7-5-6-12-23(18)4/h5-13H,1-4H3/q+1/i13D. The molecule has 120 valence electrons. The molecule has 0 unspecified atom stereocenters. The van der Waals surface area contributed by atoms with E-state index in [1.807, 2.05) is 51.4 Å². The number of fused-ring (bicyclic) bond motifs is 3. The number of nitrogens with zero attached hydrogens (tertiary/aromatic N) is 2. The highest BCUT2D eigenvalue weighted by Gasteiger charge is 2.20. The van der Waals surface area contributed by atoms with Gasteiger partial charge < -0.3 is 4.42 Å². The second kappa shape index (κ2) is 5.45. The first kappa shape index (κ1) is 13.7. The Morgan fingerprint density at radius 2 is 1.88 bits per heavy atom. The number of aromatic nitrogens is 2. The van der Waals surface area contributed by atoms with Crippen molar-refractivity contribution >= 4 is 22.1 Å². The summed E-state index contributed by atoms with van der Waals surface area (Å²) in [5.74, 6) is -0.752. The number of aryl methyl sites for hydroxylation is 2. The minimum absolute atomic E-state index is 0.596. The average Bonchev–Trinajstić information content (AvgIpc) is 2.92. The van der Waals surface area contributed by atoms with Crippen LogP contribution in [-0.2, 0) is 7.05 Å². The summed E-state index contributed by atoms with van der Waals surface area (Å²) in [5, 5.41) is 2.05. The highest BCUT2D eigenvalue weighted by atomic mass is 16.3. The third-order valence-electron chi connectivity index (χ3n) is 4.54. The van der Waals surface area contributed by atoms with Gasteiger partial charge in [-0.3, -0.25) is 0 Å². The molecule has 0 N–H and O–H groups in total. The van der Waals surface area contributed by atoms with E-state index in [9.17, 15) is 0 Å². The van der Waals surface area contributed by atoms with E-state index in [0.29, 0.717) is 11.4 Å². The van der Waals surface area contributed by atoms with Crippen molar-refractivity contribution in [2.75, 3.05) is 0 Å². The third kappa shape index (κ3) is 2.20. The molecule has 0 bridgehead atoms. The van der Waals surface area contributed by atoms with Gasteiger partial charge in [-0.1, -0.05) is 26.0 Å². The number of furan rings is 1. The van der Waals surface area contributed by atoms with Crippen LogP contribution in [0.4, 0.5) is 0 Å². The molecule has 0 aliphatic rings. The Morgan fingerprint density at radius 3 is 2.62 bits per heavy atom. The minimum atomic E-state index is -0.752. The highest BCUT2D eigenvalue weighted by molar-refractivity contribution is 6.08. The summed E-state index contributed by atoms with van der Waals surface area (Å²) in [6, 6.07) is 14.3. The topological polar surface area (TPSA) is 29.9 Å². The van der Waals surface area contributed by atoms with Gasteiger partial charge in [0.2, 0.25) is 11.4 Å². The van der Waals surface area contributed by atoms with E-state index in [1.54, 1.807) is 0 Å². The van der Waals surface area contributed by atoms with Crippen LogP contribution in [-0.4, -0.2) is 4.98 Å². The van der Waals surface area contributed by atoms with Gasteiger partial charge in [-0.2, -0.15) is 0 Å². The second-order valence-corrected chi connectivity index (χ2v) is 6.48. The number of rotatable bonds is 2. The quantitative estimate of drug-likeness (QED) is 0.492. The SMILES string of the molecule is [2H]C(C)(C)c1ccc2c(n1)oc1c(-c3cccc[n+]3C)c(C)ccc12. The molecule has 0 spiro atoms. The monoisotopic (exact) mass is 318 g/mol. The van der Waals surface area contributed by atoms with Gasteiger partial charge in [0.05, 0.1) is 5.56 Å². The van der Waals surface area contributed by atoms with Crippen molar-refractivity contribution < 1.29 is 10.4 Å². The molecule has 0 aliphatic carbocycles. The van der Waals surface area contributed by atoms with Gasteiger partial charge in [-0.15, -0.1) is 0 Å². The fourth-order valence-corrected chi connectivity index (χ4v) is 3.20. The van der Waals surface area contributed by atoms with Crippen LogP contribution in [0.25, 0.3) is 33.3 Å². The molecule has 0 saturated heterocycles. The van der Waals surface area contributed by atoms with Gasteiger partial charge in [-0.25, -0.2) is 9.55 Å². The van der Waals surface area contributed by atoms with E-state index in [4.69, 9.17) is 5.79 Å². The first-order valence-electron chi connectivity index (χ1n) is 8.64. The normalized spacial score (nSPS) is 12.8. The summed E-state index contributed by atoms with van der Waals surface area (Å²) in [6.45, 7) is 5.77. The van der Waals surface area contributed by atoms with Crippen molar-refractivity contribution in [3.8, 4) is 11.3 Å². The van der Waals surface area contributed by atoms with Gasteiger partial charge in [-0.05, 0) is 36.6 Å². The van der Waals surface area contributed by atoms with Crippen molar-refractivity contribution in [2.45, 2.75) is 26.7 Å². The summed E-state index contributed by atoms with van der Waals surface area (Å²) in [7, 11) is 2.04. The molecule has 3 aromatic heterocycles. The van der Waals surface area contributed by atoms with E-state index < -0.39 is 5.89 Å². The minimum Gasteiger partial charge on any atom is -0.437 e. The van der Waals surface area contributed by atoms with E-state index in [1.165, 1.54) is 0 Å². The Morgan fingerprint density at radius 1 is 1.08 bits per heavy atom. The Labute approximate surface area is 143 Å². The molecular formula is C21H21N2O+. The molecular weight excluding hydrogens is 296 g/mol. The van der Waals surface area contributed by atoms with Crippen LogP contribution in [0.2, 0.25) is 0 Å². The molecule has 3 heterocycles. The molecule has 0 aliphatic heterocycles. The number of hydrogen-bond donors (Lipinski definition) is 0. The van der Waals surface area contributed by atoms with Gasteiger partial charge in [0.25, 0.3) is 0 Å². The first-order valence-corrected chi connectivity index (χ1v) is 8.14. The highest BCUT2D eigenvalue weighted by Crippen LogP contribution is 2.36. The summed E-state index contributed by atoms with van der Waals surface area (Å²) in [5.41, 5.74) is 5.51. The first-order chi connectivity index (χ1) is 11.9. The van der Waals surface area contributed by atoms with Gasteiger partial charge in [0.15, 0.2) is 11.8 Å². The van der Waals surface area contributed by atoms with Crippen LogP contribution < -0.4 is 4.57 Å².